The van der Waals surface area contributed by atoms with Crippen molar-refractivity contribution in [3.63, 3.8) is 0 Å². The third-order valence-corrected chi connectivity index (χ3v) is 5.09. The molecule has 0 aliphatic heterocycles. The van der Waals surface area contributed by atoms with Gasteiger partial charge < -0.3 is 9.67 Å². The lowest BCUT2D eigenvalue weighted by molar-refractivity contribution is 0.155. The van der Waals surface area contributed by atoms with E-state index < -0.39 is 6.10 Å². The molecule has 4 aromatic rings. The molecule has 0 spiro atoms. The summed E-state index contributed by atoms with van der Waals surface area (Å²) in [5, 5.41) is 15.0. The van der Waals surface area contributed by atoms with Gasteiger partial charge in [-0.1, -0.05) is 61.0 Å². The first-order valence-electron chi connectivity index (χ1n) is 9.48. The number of rotatable bonds is 5. The first-order chi connectivity index (χ1) is 13.5. The molecule has 0 amide bonds. The number of fused-ring (bicyclic) bond motifs is 1. The molecule has 0 bridgehead atoms. The summed E-state index contributed by atoms with van der Waals surface area (Å²) in [7, 11) is 0. The molecule has 0 saturated heterocycles. The van der Waals surface area contributed by atoms with E-state index in [0.717, 1.165) is 28.8 Å². The molecule has 0 aliphatic carbocycles. The maximum Gasteiger partial charge on any atom is 0.276 e. The van der Waals surface area contributed by atoms with Gasteiger partial charge in [0.15, 0.2) is 0 Å². The molecule has 4 rings (SSSR count). The van der Waals surface area contributed by atoms with Gasteiger partial charge in [-0.2, -0.15) is 5.10 Å². The van der Waals surface area contributed by atoms with Crippen LogP contribution in [-0.4, -0.2) is 19.3 Å². The molecule has 142 valence electrons. The highest BCUT2D eigenvalue weighted by Crippen LogP contribution is 2.20. The third-order valence-electron chi connectivity index (χ3n) is 5.09. The van der Waals surface area contributed by atoms with Crippen LogP contribution in [0.1, 0.15) is 29.7 Å². The fourth-order valence-corrected chi connectivity index (χ4v) is 3.30. The van der Waals surface area contributed by atoms with Crippen LogP contribution in [0, 0.1) is 6.92 Å². The molecule has 5 nitrogen and oxygen atoms in total. The summed E-state index contributed by atoms with van der Waals surface area (Å²) in [4.78, 5) is 12.9. The van der Waals surface area contributed by atoms with Crippen molar-refractivity contribution in [2.45, 2.75) is 32.9 Å². The molecule has 5 heteroatoms. The second-order valence-corrected chi connectivity index (χ2v) is 7.09. The topological polar surface area (TPSA) is 59.5 Å². The smallest absolute Gasteiger partial charge is 0.276 e. The zero-order valence-corrected chi connectivity index (χ0v) is 16.0. The molecular formula is C23H23N3O2. The van der Waals surface area contributed by atoms with Crippen LogP contribution in [0.4, 0.5) is 0 Å². The molecule has 0 fully saturated rings. The van der Waals surface area contributed by atoms with Gasteiger partial charge in [-0.3, -0.25) is 4.79 Å². The SMILES string of the molecule is CCc1ccc(-c2cc3c(=O)n(C[C@H](O)c4ccc(C)cc4)ccn3n2)cc1. The van der Waals surface area contributed by atoms with Crippen LogP contribution in [0.5, 0.6) is 0 Å². The van der Waals surface area contributed by atoms with E-state index in [1.807, 2.05) is 43.3 Å². The van der Waals surface area contributed by atoms with Crippen molar-refractivity contribution in [2.75, 3.05) is 0 Å². The largest absolute Gasteiger partial charge is 0.387 e. The van der Waals surface area contributed by atoms with Gasteiger partial charge in [-0.15, -0.1) is 0 Å². The Balaban J connectivity index is 1.64. The number of benzene rings is 2. The van der Waals surface area contributed by atoms with Crippen LogP contribution in [0.25, 0.3) is 16.8 Å². The Morgan fingerprint density at radius 2 is 1.75 bits per heavy atom. The Morgan fingerprint density at radius 1 is 1.04 bits per heavy atom. The van der Waals surface area contributed by atoms with E-state index in [2.05, 4.69) is 24.2 Å². The minimum Gasteiger partial charge on any atom is -0.387 e. The average molecular weight is 373 g/mol. The fraction of sp³-hybridized carbons (Fsp3) is 0.217. The minimum atomic E-state index is -0.746. The van der Waals surface area contributed by atoms with E-state index in [-0.39, 0.29) is 12.1 Å². The van der Waals surface area contributed by atoms with E-state index >= 15 is 0 Å². The van der Waals surface area contributed by atoms with Crippen LogP contribution in [-0.2, 0) is 13.0 Å². The quantitative estimate of drug-likeness (QED) is 0.579. The third kappa shape index (κ3) is 3.49. The molecule has 28 heavy (non-hydrogen) atoms. The van der Waals surface area contributed by atoms with Gasteiger partial charge in [-0.05, 0) is 30.5 Å². The number of aromatic nitrogens is 3. The Hall–Kier alpha value is -3.18. The van der Waals surface area contributed by atoms with Crippen molar-refractivity contribution >= 4 is 5.52 Å². The summed E-state index contributed by atoms with van der Waals surface area (Å²) in [6.45, 7) is 4.32. The van der Waals surface area contributed by atoms with Crippen LogP contribution < -0.4 is 5.56 Å². The van der Waals surface area contributed by atoms with Crippen molar-refractivity contribution in [1.29, 1.82) is 0 Å². The van der Waals surface area contributed by atoms with Gasteiger partial charge in [0.1, 0.15) is 5.52 Å². The monoisotopic (exact) mass is 373 g/mol. The zero-order valence-electron chi connectivity index (χ0n) is 16.0. The van der Waals surface area contributed by atoms with Crippen LogP contribution in [0.2, 0.25) is 0 Å². The summed E-state index contributed by atoms with van der Waals surface area (Å²) in [5.41, 5.74) is 5.25. The average Bonchev–Trinajstić information content (AvgIpc) is 3.16. The number of hydrogen-bond donors (Lipinski definition) is 1. The Morgan fingerprint density at radius 3 is 2.43 bits per heavy atom. The molecular weight excluding hydrogens is 350 g/mol. The molecule has 2 heterocycles. The summed E-state index contributed by atoms with van der Waals surface area (Å²) >= 11 is 0. The lowest BCUT2D eigenvalue weighted by Gasteiger charge is -2.13. The lowest BCUT2D eigenvalue weighted by atomic mass is 10.1. The predicted octanol–water partition coefficient (Wildman–Crippen LogP) is 3.77. The molecule has 1 atom stereocenters. The van der Waals surface area contributed by atoms with Gasteiger partial charge in [0.2, 0.25) is 0 Å². The normalized spacial score (nSPS) is 12.4. The second-order valence-electron chi connectivity index (χ2n) is 7.09. The van der Waals surface area contributed by atoms with Crippen molar-refractivity contribution in [3.8, 4) is 11.3 Å². The zero-order chi connectivity index (χ0) is 19.7. The molecule has 0 saturated carbocycles. The highest BCUT2D eigenvalue weighted by molar-refractivity contribution is 5.65. The maximum absolute atomic E-state index is 12.9. The van der Waals surface area contributed by atoms with Crippen molar-refractivity contribution < 1.29 is 5.11 Å². The Kier molecular flexibility index (Phi) is 4.84. The summed E-state index contributed by atoms with van der Waals surface area (Å²) in [6.07, 6.45) is 3.66. The van der Waals surface area contributed by atoms with Crippen molar-refractivity contribution in [1.82, 2.24) is 14.2 Å². The number of aryl methyl sites for hydroxylation is 2. The number of nitrogens with zero attached hydrogens (tertiary/aromatic N) is 3. The molecule has 2 aromatic carbocycles. The number of aliphatic hydroxyl groups is 1. The molecule has 0 aliphatic rings. The van der Waals surface area contributed by atoms with Gasteiger partial charge >= 0.3 is 0 Å². The fourth-order valence-electron chi connectivity index (χ4n) is 3.30. The number of hydrogen-bond acceptors (Lipinski definition) is 3. The van der Waals surface area contributed by atoms with Gasteiger partial charge in [-0.25, -0.2) is 4.52 Å². The Labute approximate surface area is 163 Å². The van der Waals surface area contributed by atoms with Crippen LogP contribution in [0.3, 0.4) is 0 Å². The highest BCUT2D eigenvalue weighted by Gasteiger charge is 2.13. The first kappa shape index (κ1) is 18.2. The van der Waals surface area contributed by atoms with E-state index in [4.69, 9.17) is 0 Å². The van der Waals surface area contributed by atoms with Gasteiger partial charge in [0.05, 0.1) is 18.3 Å². The summed E-state index contributed by atoms with van der Waals surface area (Å²) < 4.78 is 3.13. The van der Waals surface area contributed by atoms with E-state index in [9.17, 15) is 9.90 Å². The molecule has 0 radical (unpaired) electrons. The van der Waals surface area contributed by atoms with Crippen LogP contribution >= 0.6 is 0 Å². The van der Waals surface area contributed by atoms with E-state index in [1.54, 1.807) is 23.0 Å². The van der Waals surface area contributed by atoms with Gasteiger partial charge in [0, 0.05) is 18.0 Å². The Bertz CT molecular complexity index is 1160. The standard InChI is InChI=1S/C23H23N3O2/c1-3-17-6-10-18(11-7-17)20-14-21-23(28)25(12-13-26(21)24-20)15-22(27)19-8-4-16(2)5-9-19/h4-14,22,27H,3,15H2,1-2H3/t22-/m0/s1. The van der Waals surface area contributed by atoms with Gasteiger partial charge in [0.25, 0.3) is 5.56 Å². The highest BCUT2D eigenvalue weighted by atomic mass is 16.3. The first-order valence-corrected chi connectivity index (χ1v) is 9.48. The minimum absolute atomic E-state index is 0.169. The van der Waals surface area contributed by atoms with Crippen molar-refractivity contribution in [3.05, 3.63) is 94.0 Å². The molecule has 0 unspecified atom stereocenters. The summed E-state index contributed by atoms with van der Waals surface area (Å²) in [5.74, 6) is 0. The molecule has 2 aromatic heterocycles. The predicted molar refractivity (Wildman–Crippen MR) is 110 cm³/mol. The maximum atomic E-state index is 12.9. The lowest BCUT2D eigenvalue weighted by Crippen LogP contribution is -2.24. The van der Waals surface area contributed by atoms with Crippen molar-refractivity contribution in [2.24, 2.45) is 0 Å². The molecule has 1 N–H and O–H groups in total. The second kappa shape index (κ2) is 7.44. The van der Waals surface area contributed by atoms with Crippen LogP contribution in [0.15, 0.2) is 71.8 Å². The summed E-state index contributed by atoms with van der Waals surface area (Å²) in [6, 6.07) is 17.7. The number of aliphatic hydroxyl groups excluding tert-OH is 1. The van der Waals surface area contributed by atoms with E-state index in [1.165, 1.54) is 10.1 Å². The van der Waals surface area contributed by atoms with E-state index in [0.29, 0.717) is 5.52 Å².